The molecule has 0 amide bonds. The fraction of sp³-hybridized carbons (Fsp3) is 0.440. The van der Waals surface area contributed by atoms with Gasteiger partial charge in [0.25, 0.3) is 0 Å². The van der Waals surface area contributed by atoms with E-state index in [-0.39, 0.29) is 11.5 Å². The highest BCUT2D eigenvalue weighted by Crippen LogP contribution is 2.30. The first-order valence-corrected chi connectivity index (χ1v) is 22.7. The van der Waals surface area contributed by atoms with Crippen LogP contribution in [-0.2, 0) is 19.1 Å². The third kappa shape index (κ3) is 17.8. The first kappa shape index (κ1) is 50.5. The van der Waals surface area contributed by atoms with Crippen LogP contribution in [0.25, 0.3) is 0 Å². The summed E-state index contributed by atoms with van der Waals surface area (Å²) in [5, 5.41) is 13.4. The van der Waals surface area contributed by atoms with Crippen molar-refractivity contribution in [3.8, 4) is 23.0 Å². The second-order valence-electron chi connectivity index (χ2n) is 16.0. The molecule has 0 spiro atoms. The van der Waals surface area contributed by atoms with Crippen molar-refractivity contribution < 1.29 is 47.6 Å². The van der Waals surface area contributed by atoms with Gasteiger partial charge in [-0.25, -0.2) is 19.2 Å². The SMILES string of the molecule is C=CC(=O)OCCCCCCOc1ccc(C(=O)Oc2cc(C=NN3CCN(C)CC3)c(OC(=O)c3ccc(OCCCCCCOC(=O)C=C)cc3)cc2C=NN2CCN(C)CC2)cc1. The predicted molar refractivity (Wildman–Crippen MR) is 253 cm³/mol. The quantitative estimate of drug-likeness (QED) is 0.0278. The van der Waals surface area contributed by atoms with Crippen LogP contribution in [-0.4, -0.2) is 149 Å². The maximum atomic E-state index is 13.7. The number of likely N-dealkylation sites (N-methyl/N-ethyl adjacent to an activating group) is 2. The maximum Gasteiger partial charge on any atom is 0.343 e. The molecule has 3 aromatic carbocycles. The molecule has 0 aliphatic carbocycles. The van der Waals surface area contributed by atoms with Crippen molar-refractivity contribution in [2.45, 2.75) is 51.4 Å². The normalized spacial score (nSPS) is 14.5. The van der Waals surface area contributed by atoms with Crippen molar-refractivity contribution in [1.82, 2.24) is 19.8 Å². The van der Waals surface area contributed by atoms with E-state index in [0.29, 0.717) is 60.2 Å². The van der Waals surface area contributed by atoms with Crippen LogP contribution in [0.2, 0.25) is 0 Å². The monoisotopic (exact) mass is 908 g/mol. The van der Waals surface area contributed by atoms with Gasteiger partial charge < -0.3 is 38.2 Å². The van der Waals surface area contributed by atoms with Gasteiger partial charge in [-0.05, 0) is 126 Å². The van der Waals surface area contributed by atoms with E-state index in [9.17, 15) is 19.2 Å². The zero-order valence-corrected chi connectivity index (χ0v) is 38.4. The Morgan fingerprint density at radius 1 is 0.515 bits per heavy atom. The molecule has 3 aromatic rings. The summed E-state index contributed by atoms with van der Waals surface area (Å²) in [6.45, 7) is 14.8. The van der Waals surface area contributed by atoms with Crippen LogP contribution in [0.15, 0.2) is 96.2 Å². The van der Waals surface area contributed by atoms with E-state index < -0.39 is 23.9 Å². The molecule has 2 fully saturated rings. The number of hydrogen-bond donors (Lipinski definition) is 0. The summed E-state index contributed by atoms with van der Waals surface area (Å²) in [6.07, 6.45) is 12.4. The van der Waals surface area contributed by atoms with E-state index in [2.05, 4.69) is 37.1 Å². The number of unbranched alkanes of at least 4 members (excludes halogenated alkanes) is 6. The zero-order valence-electron chi connectivity index (χ0n) is 38.4. The van der Waals surface area contributed by atoms with Gasteiger partial charge in [0.05, 0.1) is 50.0 Å². The second-order valence-corrected chi connectivity index (χ2v) is 16.0. The number of piperazine rings is 2. The number of ether oxygens (including phenoxy) is 6. The summed E-state index contributed by atoms with van der Waals surface area (Å²) in [5.41, 5.74) is 1.50. The lowest BCUT2D eigenvalue weighted by atomic mass is 10.1. The molecule has 5 rings (SSSR count). The first-order chi connectivity index (χ1) is 32.1. The van der Waals surface area contributed by atoms with Gasteiger partial charge >= 0.3 is 23.9 Å². The molecule has 0 bridgehead atoms. The second kappa shape index (κ2) is 27.7. The fourth-order valence-electron chi connectivity index (χ4n) is 6.73. The van der Waals surface area contributed by atoms with Crippen LogP contribution in [0.4, 0.5) is 0 Å². The summed E-state index contributed by atoms with van der Waals surface area (Å²) in [7, 11) is 4.13. The minimum atomic E-state index is -0.589. The van der Waals surface area contributed by atoms with E-state index in [1.807, 2.05) is 10.0 Å². The largest absolute Gasteiger partial charge is 0.494 e. The summed E-state index contributed by atoms with van der Waals surface area (Å²) < 4.78 is 34.0. The van der Waals surface area contributed by atoms with Gasteiger partial charge in [-0.3, -0.25) is 10.0 Å². The van der Waals surface area contributed by atoms with Crippen molar-refractivity contribution in [1.29, 1.82) is 0 Å². The van der Waals surface area contributed by atoms with Crippen LogP contribution in [0.3, 0.4) is 0 Å². The Hall–Kier alpha value is -6.52. The highest BCUT2D eigenvalue weighted by molar-refractivity contribution is 5.97. The minimum absolute atomic E-state index is 0.217. The molecule has 66 heavy (non-hydrogen) atoms. The maximum absolute atomic E-state index is 13.7. The predicted octanol–water partition coefficient (Wildman–Crippen LogP) is 6.62. The van der Waals surface area contributed by atoms with Gasteiger partial charge in [0.15, 0.2) is 0 Å². The molecule has 2 aliphatic heterocycles. The van der Waals surface area contributed by atoms with E-state index in [4.69, 9.17) is 38.6 Å². The molecule has 16 heteroatoms. The molecule has 16 nitrogen and oxygen atoms in total. The molecule has 0 atom stereocenters. The Morgan fingerprint density at radius 3 is 1.21 bits per heavy atom. The lowest BCUT2D eigenvalue weighted by Gasteiger charge is -2.30. The molecule has 0 N–H and O–H groups in total. The number of esters is 4. The molecule has 2 saturated heterocycles. The number of carbonyl (C=O) groups excluding carboxylic acids is 4. The fourth-order valence-corrected chi connectivity index (χ4v) is 6.73. The highest BCUT2D eigenvalue weighted by atomic mass is 16.5. The average Bonchev–Trinajstić information content (AvgIpc) is 3.33. The third-order valence-corrected chi connectivity index (χ3v) is 10.8. The molecular formula is C50H64N6O10. The van der Waals surface area contributed by atoms with E-state index >= 15 is 0 Å². The van der Waals surface area contributed by atoms with Gasteiger partial charge in [-0.1, -0.05) is 13.2 Å². The number of hydrogen-bond acceptors (Lipinski definition) is 16. The molecule has 354 valence electrons. The molecule has 0 aromatic heterocycles. The zero-order chi connectivity index (χ0) is 46.9. The van der Waals surface area contributed by atoms with Crippen LogP contribution in [0, 0.1) is 0 Å². The molecule has 2 heterocycles. The first-order valence-electron chi connectivity index (χ1n) is 22.7. The van der Waals surface area contributed by atoms with Crippen LogP contribution in [0.1, 0.15) is 83.2 Å². The Bertz CT molecular complexity index is 1940. The number of benzene rings is 3. The van der Waals surface area contributed by atoms with E-state index in [1.165, 1.54) is 0 Å². The minimum Gasteiger partial charge on any atom is -0.494 e. The number of rotatable bonds is 26. The van der Waals surface area contributed by atoms with Gasteiger partial charge in [0.1, 0.15) is 23.0 Å². The molecular weight excluding hydrogens is 845 g/mol. The Kier molecular flexibility index (Phi) is 21.2. The van der Waals surface area contributed by atoms with Crippen molar-refractivity contribution in [3.05, 3.63) is 108 Å². The van der Waals surface area contributed by atoms with Crippen molar-refractivity contribution in [2.24, 2.45) is 10.2 Å². The standard InChI is InChI=1S/C50H64N6O10/c1-5-47(57)63-33-13-9-7-11-31-61-43-19-15-39(16-20-43)49(59)65-45-35-42(38-52-56-29-25-54(4)26-30-56)46(36-41(45)37-51-55-27-23-53(3)24-28-55)66-50(60)40-17-21-44(22-18-40)62-32-12-8-10-14-34-64-48(58)6-2/h5-6,15-22,35-38H,1-2,7-14,23-34H2,3-4H3. The Morgan fingerprint density at radius 2 is 0.864 bits per heavy atom. The smallest absolute Gasteiger partial charge is 0.343 e. The van der Waals surface area contributed by atoms with Crippen molar-refractivity contribution in [3.63, 3.8) is 0 Å². The number of hydrazone groups is 2. The average molecular weight is 909 g/mol. The topological polar surface area (TPSA) is 161 Å². The summed E-state index contributed by atoms with van der Waals surface area (Å²) in [5.74, 6) is -0.329. The molecule has 0 unspecified atom stereocenters. The summed E-state index contributed by atoms with van der Waals surface area (Å²) in [6, 6.07) is 16.8. The molecule has 0 saturated carbocycles. The lowest BCUT2D eigenvalue weighted by molar-refractivity contribution is -0.138. The summed E-state index contributed by atoms with van der Waals surface area (Å²) >= 11 is 0. The molecule has 2 aliphatic rings. The Labute approximate surface area is 388 Å². The van der Waals surface area contributed by atoms with Crippen molar-refractivity contribution in [2.75, 3.05) is 92.9 Å². The number of carbonyl (C=O) groups is 4. The highest BCUT2D eigenvalue weighted by Gasteiger charge is 2.20. The van der Waals surface area contributed by atoms with Gasteiger partial charge in [0, 0.05) is 75.6 Å². The third-order valence-electron chi connectivity index (χ3n) is 10.8. The van der Waals surface area contributed by atoms with E-state index in [0.717, 1.165) is 116 Å². The van der Waals surface area contributed by atoms with E-state index in [1.54, 1.807) is 73.1 Å². The van der Waals surface area contributed by atoms with Crippen LogP contribution < -0.4 is 18.9 Å². The van der Waals surface area contributed by atoms with Crippen LogP contribution in [0.5, 0.6) is 23.0 Å². The van der Waals surface area contributed by atoms with Gasteiger partial charge in [-0.2, -0.15) is 10.2 Å². The van der Waals surface area contributed by atoms with Crippen molar-refractivity contribution >= 4 is 36.3 Å². The Balaban J connectivity index is 1.28. The summed E-state index contributed by atoms with van der Waals surface area (Å²) in [4.78, 5) is 54.3. The lowest BCUT2D eigenvalue weighted by Crippen LogP contribution is -2.41. The number of nitrogens with zero attached hydrogens (tertiary/aromatic N) is 6. The molecule has 0 radical (unpaired) electrons. The van der Waals surface area contributed by atoms with Gasteiger partial charge in [0.2, 0.25) is 0 Å². The van der Waals surface area contributed by atoms with Crippen LogP contribution >= 0.6 is 0 Å². The van der Waals surface area contributed by atoms with Gasteiger partial charge in [-0.15, -0.1) is 0 Å².